The van der Waals surface area contributed by atoms with Gasteiger partial charge in [0.15, 0.2) is 0 Å². The lowest BCUT2D eigenvalue weighted by molar-refractivity contribution is 1.30. The summed E-state index contributed by atoms with van der Waals surface area (Å²) in [5.74, 6) is 0. The van der Waals surface area contributed by atoms with Crippen LogP contribution in [-0.4, -0.2) is 0 Å². The lowest BCUT2D eigenvalue weighted by Gasteiger charge is -2.27. The number of hydrogen-bond acceptors (Lipinski definition) is 1. The van der Waals surface area contributed by atoms with E-state index < -0.39 is 6.04 Å². The molecule has 5 rings (SSSR count). The summed E-state index contributed by atoms with van der Waals surface area (Å²) < 4.78 is 41.5. The lowest BCUT2D eigenvalue weighted by atomic mass is 10.0. The minimum Gasteiger partial charge on any atom is -0.310 e. The van der Waals surface area contributed by atoms with Crippen LogP contribution in [-0.2, 0) is 0 Å². The zero-order chi connectivity index (χ0) is 24.7. The summed E-state index contributed by atoms with van der Waals surface area (Å²) in [5.41, 5.74) is 3.64. The van der Waals surface area contributed by atoms with Crippen LogP contribution >= 0.6 is 15.9 Å². The molecule has 0 radical (unpaired) electrons. The first-order chi connectivity index (χ1) is 16.9. The highest BCUT2D eigenvalue weighted by Gasteiger charge is 2.16. The summed E-state index contributed by atoms with van der Waals surface area (Å²) in [5, 5.41) is 2.18. The molecule has 0 aliphatic heterocycles. The highest BCUT2D eigenvalue weighted by atomic mass is 79.9. The zero-order valence-corrected chi connectivity index (χ0v) is 17.6. The molecule has 0 aliphatic rings. The van der Waals surface area contributed by atoms with Crippen LogP contribution < -0.4 is 4.90 Å². The van der Waals surface area contributed by atoms with E-state index in [1.54, 1.807) is 12.1 Å². The molecule has 2 heteroatoms. The Balaban J connectivity index is 1.68. The van der Waals surface area contributed by atoms with Gasteiger partial charge in [-0.2, -0.15) is 0 Å². The van der Waals surface area contributed by atoms with Crippen LogP contribution in [0, 0.1) is 0 Å². The van der Waals surface area contributed by atoms with Crippen molar-refractivity contribution < 1.29 is 6.85 Å². The second-order valence-corrected chi connectivity index (χ2v) is 7.68. The number of benzene rings is 5. The number of hydrogen-bond donors (Lipinski definition) is 0. The van der Waals surface area contributed by atoms with Crippen LogP contribution in [0.2, 0.25) is 0 Å². The molecule has 0 bridgehead atoms. The Hall–Kier alpha value is -3.36. The average Bonchev–Trinajstić information content (AvgIpc) is 2.89. The van der Waals surface area contributed by atoms with Gasteiger partial charge >= 0.3 is 0 Å². The second-order valence-electron chi connectivity index (χ2n) is 6.83. The summed E-state index contributed by atoms with van der Waals surface area (Å²) >= 11 is 3.66. The fraction of sp³-hybridized carbons (Fsp3) is 0. The van der Waals surface area contributed by atoms with Gasteiger partial charge in [-0.1, -0.05) is 101 Å². The number of para-hydroxylation sites is 1. The van der Waals surface area contributed by atoms with Crippen molar-refractivity contribution >= 4 is 43.8 Å². The summed E-state index contributed by atoms with van der Waals surface area (Å²) in [4.78, 5) is 2.15. The topological polar surface area (TPSA) is 3.24 Å². The van der Waals surface area contributed by atoms with E-state index in [9.17, 15) is 0 Å². The Morgan fingerprint density at radius 2 is 1.20 bits per heavy atom. The summed E-state index contributed by atoms with van der Waals surface area (Å²) in [6.45, 7) is 0. The molecule has 0 unspecified atom stereocenters. The predicted molar refractivity (Wildman–Crippen MR) is 132 cm³/mol. The number of rotatable bonds is 4. The average molecular weight is 455 g/mol. The molecule has 0 aliphatic carbocycles. The Bertz CT molecular complexity index is 1520. The maximum absolute atomic E-state index is 8.30. The third-order valence-electron chi connectivity index (χ3n) is 5.02. The van der Waals surface area contributed by atoms with Crippen molar-refractivity contribution in [1.29, 1.82) is 0 Å². The minimum absolute atomic E-state index is 0.197. The van der Waals surface area contributed by atoms with Crippen LogP contribution in [0.1, 0.15) is 6.85 Å². The van der Waals surface area contributed by atoms with Crippen LogP contribution in [0.25, 0.3) is 21.9 Å². The van der Waals surface area contributed by atoms with Crippen LogP contribution in [0.3, 0.4) is 0 Å². The van der Waals surface area contributed by atoms with E-state index in [1.807, 2.05) is 60.7 Å². The normalized spacial score (nSPS) is 13.2. The monoisotopic (exact) mass is 454 g/mol. The molecule has 0 amide bonds. The van der Waals surface area contributed by atoms with Gasteiger partial charge in [-0.15, -0.1) is 0 Å². The van der Waals surface area contributed by atoms with Crippen LogP contribution in [0.15, 0.2) is 126 Å². The maximum Gasteiger partial charge on any atom is 0.0629 e. The Labute approximate surface area is 192 Å². The maximum atomic E-state index is 8.30. The Kier molecular flexibility index (Phi) is 3.76. The Morgan fingerprint density at radius 3 is 1.93 bits per heavy atom. The van der Waals surface area contributed by atoms with E-state index in [1.165, 1.54) is 0 Å². The molecular weight excluding hydrogens is 430 g/mol. The minimum atomic E-state index is -0.391. The standard InChI is InChI=1S/C28H20BrN/c29-27-19-20-28(26-14-8-7-13-25(26)27)30(23-11-5-2-6-12-23)24-17-15-22(16-18-24)21-9-3-1-4-10-21/h1-20H/i1D,3D,4D,9D,10D. The first-order valence-electron chi connectivity index (χ1n) is 12.1. The number of anilines is 3. The van der Waals surface area contributed by atoms with Crippen LogP contribution in [0.4, 0.5) is 17.1 Å². The molecule has 0 saturated carbocycles. The number of nitrogens with zero attached hydrogens (tertiary/aromatic N) is 1. The summed E-state index contributed by atoms with van der Waals surface area (Å²) in [6, 6.07) is 28.3. The van der Waals surface area contributed by atoms with Crippen molar-refractivity contribution in [3.05, 3.63) is 126 Å². The zero-order valence-electron chi connectivity index (χ0n) is 21.0. The van der Waals surface area contributed by atoms with E-state index in [0.717, 1.165) is 32.3 Å². The van der Waals surface area contributed by atoms with E-state index in [4.69, 9.17) is 6.85 Å². The third kappa shape index (κ3) is 3.51. The highest BCUT2D eigenvalue weighted by Crippen LogP contribution is 2.41. The molecule has 0 spiro atoms. The fourth-order valence-corrected chi connectivity index (χ4v) is 4.10. The van der Waals surface area contributed by atoms with Crippen molar-refractivity contribution in [1.82, 2.24) is 0 Å². The Morgan fingerprint density at radius 1 is 0.567 bits per heavy atom. The molecule has 0 atom stereocenters. The van der Waals surface area contributed by atoms with Crippen molar-refractivity contribution in [3.63, 3.8) is 0 Å². The third-order valence-corrected chi connectivity index (χ3v) is 5.71. The summed E-state index contributed by atoms with van der Waals surface area (Å²) in [7, 11) is 0. The SMILES string of the molecule is [2H]c1c([2H])c([2H])c(-c2ccc(N(c3ccccc3)c3ccc(Br)c4ccccc34)cc2)c([2H])c1[2H]. The fourth-order valence-electron chi connectivity index (χ4n) is 3.62. The first kappa shape index (κ1) is 13.8. The number of halogens is 1. The molecule has 0 heterocycles. The lowest BCUT2D eigenvalue weighted by Crippen LogP contribution is -2.10. The second kappa shape index (κ2) is 8.17. The molecule has 0 N–H and O–H groups in total. The quantitative estimate of drug-likeness (QED) is 0.262. The van der Waals surface area contributed by atoms with Gasteiger partial charge in [0.2, 0.25) is 0 Å². The number of fused-ring (bicyclic) bond motifs is 1. The van der Waals surface area contributed by atoms with Gasteiger partial charge < -0.3 is 4.90 Å². The molecule has 0 fully saturated rings. The van der Waals surface area contributed by atoms with Gasteiger partial charge in [-0.3, -0.25) is 0 Å². The van der Waals surface area contributed by atoms with E-state index in [-0.39, 0.29) is 29.7 Å². The predicted octanol–water partition coefficient (Wildman–Crippen LogP) is 8.74. The largest absolute Gasteiger partial charge is 0.310 e. The first-order valence-corrected chi connectivity index (χ1v) is 10.4. The van der Waals surface area contributed by atoms with Crippen molar-refractivity contribution in [3.8, 4) is 11.1 Å². The molecular formula is C28H20BrN. The van der Waals surface area contributed by atoms with Gasteiger partial charge in [0, 0.05) is 21.2 Å². The molecule has 0 saturated heterocycles. The highest BCUT2D eigenvalue weighted by molar-refractivity contribution is 9.10. The van der Waals surface area contributed by atoms with Crippen molar-refractivity contribution in [2.75, 3.05) is 4.90 Å². The smallest absolute Gasteiger partial charge is 0.0629 e. The van der Waals surface area contributed by atoms with Gasteiger partial charge in [0.1, 0.15) is 0 Å². The van der Waals surface area contributed by atoms with Crippen molar-refractivity contribution in [2.24, 2.45) is 0 Å². The van der Waals surface area contributed by atoms with Crippen molar-refractivity contribution in [2.45, 2.75) is 0 Å². The molecule has 0 aromatic heterocycles. The van der Waals surface area contributed by atoms with Gasteiger partial charge in [0.05, 0.1) is 12.5 Å². The van der Waals surface area contributed by atoms with Gasteiger partial charge in [-0.05, 0) is 52.9 Å². The molecule has 30 heavy (non-hydrogen) atoms. The van der Waals surface area contributed by atoms with Gasteiger partial charge in [-0.25, -0.2) is 0 Å². The molecule has 5 aromatic carbocycles. The van der Waals surface area contributed by atoms with Crippen LogP contribution in [0.5, 0.6) is 0 Å². The summed E-state index contributed by atoms with van der Waals surface area (Å²) in [6.07, 6.45) is 0. The van der Waals surface area contributed by atoms with E-state index in [2.05, 4.69) is 39.0 Å². The molecule has 5 aromatic rings. The molecule has 1 nitrogen and oxygen atoms in total. The van der Waals surface area contributed by atoms with E-state index in [0.29, 0.717) is 5.56 Å². The van der Waals surface area contributed by atoms with E-state index >= 15 is 0 Å². The molecule has 144 valence electrons. The van der Waals surface area contributed by atoms with Gasteiger partial charge in [0.25, 0.3) is 0 Å².